The minimum atomic E-state index is 0.705. The van der Waals surface area contributed by atoms with Crippen molar-refractivity contribution in [3.05, 3.63) is 29.8 Å². The van der Waals surface area contributed by atoms with Crippen LogP contribution in [-0.4, -0.2) is 7.11 Å². The van der Waals surface area contributed by atoms with E-state index < -0.39 is 0 Å². The SMILES string of the molecule is C1CCCCC1.CONCc1ccc(N)cc1. The molecule has 0 heterocycles. The third-order valence-electron chi connectivity index (χ3n) is 2.90. The van der Waals surface area contributed by atoms with Gasteiger partial charge in [0.25, 0.3) is 0 Å². The number of hydroxylamine groups is 1. The summed E-state index contributed by atoms with van der Waals surface area (Å²) in [5.74, 6) is 0. The molecule has 1 aromatic rings. The molecule has 1 aromatic carbocycles. The maximum Gasteiger partial charge on any atom is 0.0572 e. The van der Waals surface area contributed by atoms with E-state index in [1.807, 2.05) is 24.3 Å². The van der Waals surface area contributed by atoms with E-state index in [4.69, 9.17) is 10.6 Å². The highest BCUT2D eigenvalue weighted by Crippen LogP contribution is 2.15. The second kappa shape index (κ2) is 9.02. The Morgan fingerprint density at radius 1 is 1.00 bits per heavy atom. The van der Waals surface area contributed by atoms with Gasteiger partial charge in [-0.3, -0.25) is 0 Å². The van der Waals surface area contributed by atoms with Crippen molar-refractivity contribution >= 4 is 5.69 Å². The van der Waals surface area contributed by atoms with E-state index in [1.165, 1.54) is 38.5 Å². The molecule has 3 heteroatoms. The van der Waals surface area contributed by atoms with Crippen LogP contribution in [0.15, 0.2) is 24.3 Å². The normalized spacial score (nSPS) is 14.9. The highest BCUT2D eigenvalue weighted by molar-refractivity contribution is 5.39. The van der Waals surface area contributed by atoms with Crippen LogP contribution in [0.3, 0.4) is 0 Å². The molecular weight excluding hydrogens is 212 g/mol. The van der Waals surface area contributed by atoms with Crippen molar-refractivity contribution < 1.29 is 4.84 Å². The summed E-state index contributed by atoms with van der Waals surface area (Å²) in [6.07, 6.45) is 9.00. The number of anilines is 1. The molecule has 0 saturated heterocycles. The van der Waals surface area contributed by atoms with Crippen LogP contribution in [0.25, 0.3) is 0 Å². The minimum absolute atomic E-state index is 0.705. The summed E-state index contributed by atoms with van der Waals surface area (Å²) in [6, 6.07) is 7.65. The maximum atomic E-state index is 5.50. The molecule has 0 atom stereocenters. The predicted molar refractivity (Wildman–Crippen MR) is 72.4 cm³/mol. The second-order valence-corrected chi connectivity index (χ2v) is 4.39. The molecule has 3 N–H and O–H groups in total. The average Bonchev–Trinajstić information content (AvgIpc) is 2.41. The van der Waals surface area contributed by atoms with E-state index >= 15 is 0 Å². The first kappa shape index (κ1) is 14.0. The van der Waals surface area contributed by atoms with Crippen LogP contribution in [0, 0.1) is 0 Å². The molecule has 0 aliphatic heterocycles. The van der Waals surface area contributed by atoms with E-state index in [2.05, 4.69) is 5.48 Å². The Morgan fingerprint density at radius 2 is 1.47 bits per heavy atom. The monoisotopic (exact) mass is 236 g/mol. The largest absolute Gasteiger partial charge is 0.399 e. The maximum absolute atomic E-state index is 5.50. The number of hydrogen-bond acceptors (Lipinski definition) is 3. The van der Waals surface area contributed by atoms with E-state index in [0.29, 0.717) is 6.54 Å². The van der Waals surface area contributed by atoms with Crippen molar-refractivity contribution in [2.24, 2.45) is 0 Å². The van der Waals surface area contributed by atoms with Gasteiger partial charge in [0.2, 0.25) is 0 Å². The fourth-order valence-electron chi connectivity index (χ4n) is 1.85. The Labute approximate surface area is 104 Å². The van der Waals surface area contributed by atoms with Gasteiger partial charge in [0.1, 0.15) is 0 Å². The lowest BCUT2D eigenvalue weighted by molar-refractivity contribution is 0.0867. The van der Waals surface area contributed by atoms with E-state index in [0.717, 1.165) is 11.3 Å². The number of rotatable bonds is 3. The molecule has 0 bridgehead atoms. The second-order valence-electron chi connectivity index (χ2n) is 4.39. The van der Waals surface area contributed by atoms with Gasteiger partial charge in [0, 0.05) is 12.2 Å². The van der Waals surface area contributed by atoms with Crippen LogP contribution in [0.1, 0.15) is 44.1 Å². The quantitative estimate of drug-likeness (QED) is 0.625. The van der Waals surface area contributed by atoms with Gasteiger partial charge >= 0.3 is 0 Å². The van der Waals surface area contributed by atoms with Crippen LogP contribution >= 0.6 is 0 Å². The Morgan fingerprint density at radius 3 is 1.88 bits per heavy atom. The average molecular weight is 236 g/mol. The zero-order chi connectivity index (χ0) is 12.3. The van der Waals surface area contributed by atoms with Gasteiger partial charge in [-0.05, 0) is 17.7 Å². The molecular formula is C14H24N2O. The van der Waals surface area contributed by atoms with Crippen molar-refractivity contribution in [3.8, 4) is 0 Å². The van der Waals surface area contributed by atoms with Crippen molar-refractivity contribution in [1.82, 2.24) is 5.48 Å². The van der Waals surface area contributed by atoms with Crippen LogP contribution in [-0.2, 0) is 11.4 Å². The minimum Gasteiger partial charge on any atom is -0.399 e. The van der Waals surface area contributed by atoms with Crippen molar-refractivity contribution in [2.45, 2.75) is 45.1 Å². The molecule has 0 unspecified atom stereocenters. The van der Waals surface area contributed by atoms with Crippen molar-refractivity contribution in [2.75, 3.05) is 12.8 Å². The lowest BCUT2D eigenvalue weighted by Gasteiger charge is -2.05. The van der Waals surface area contributed by atoms with Crippen LogP contribution in [0.5, 0.6) is 0 Å². The van der Waals surface area contributed by atoms with Crippen LogP contribution in [0.4, 0.5) is 5.69 Å². The van der Waals surface area contributed by atoms with Crippen LogP contribution < -0.4 is 11.2 Å². The number of nitrogens with two attached hydrogens (primary N) is 1. The first-order chi connectivity index (χ1) is 8.33. The lowest BCUT2D eigenvalue weighted by atomic mass is 10.0. The number of benzene rings is 1. The Bertz CT molecular complexity index is 269. The highest BCUT2D eigenvalue weighted by atomic mass is 16.6. The predicted octanol–water partition coefficient (Wildman–Crippen LogP) is 3.26. The van der Waals surface area contributed by atoms with E-state index in [1.54, 1.807) is 7.11 Å². The molecule has 1 aliphatic rings. The molecule has 96 valence electrons. The van der Waals surface area contributed by atoms with Gasteiger partial charge in [-0.25, -0.2) is 0 Å². The summed E-state index contributed by atoms with van der Waals surface area (Å²) in [5, 5.41) is 0. The fourth-order valence-corrected chi connectivity index (χ4v) is 1.85. The fraction of sp³-hybridized carbons (Fsp3) is 0.571. The van der Waals surface area contributed by atoms with Gasteiger partial charge in [-0.2, -0.15) is 5.48 Å². The summed E-state index contributed by atoms with van der Waals surface area (Å²) in [4.78, 5) is 4.69. The van der Waals surface area contributed by atoms with Gasteiger partial charge in [0.05, 0.1) is 7.11 Å². The topological polar surface area (TPSA) is 47.3 Å². The molecule has 0 spiro atoms. The molecule has 1 saturated carbocycles. The van der Waals surface area contributed by atoms with Gasteiger partial charge < -0.3 is 10.6 Å². The molecule has 2 rings (SSSR count). The summed E-state index contributed by atoms with van der Waals surface area (Å²) in [6.45, 7) is 0.705. The molecule has 17 heavy (non-hydrogen) atoms. The van der Waals surface area contributed by atoms with Crippen LogP contribution in [0.2, 0.25) is 0 Å². The standard InChI is InChI=1S/C8H12N2O.C6H12/c1-11-10-6-7-2-4-8(9)5-3-7;1-2-4-6-5-3-1/h2-5,10H,6,9H2,1H3;1-6H2. The lowest BCUT2D eigenvalue weighted by Crippen LogP contribution is -2.10. The number of nitrogens with one attached hydrogen (secondary N) is 1. The van der Waals surface area contributed by atoms with E-state index in [9.17, 15) is 0 Å². The molecule has 0 aromatic heterocycles. The van der Waals surface area contributed by atoms with E-state index in [-0.39, 0.29) is 0 Å². The third kappa shape index (κ3) is 6.97. The van der Waals surface area contributed by atoms with Crippen molar-refractivity contribution in [1.29, 1.82) is 0 Å². The molecule has 1 aliphatic carbocycles. The molecule has 0 radical (unpaired) electrons. The highest BCUT2D eigenvalue weighted by Gasteiger charge is 1.95. The zero-order valence-electron chi connectivity index (χ0n) is 10.7. The summed E-state index contributed by atoms with van der Waals surface area (Å²) >= 11 is 0. The Kier molecular flexibility index (Phi) is 7.43. The summed E-state index contributed by atoms with van der Waals surface area (Å²) < 4.78 is 0. The Hall–Kier alpha value is -1.06. The van der Waals surface area contributed by atoms with Crippen molar-refractivity contribution in [3.63, 3.8) is 0 Å². The zero-order valence-corrected chi connectivity index (χ0v) is 10.7. The third-order valence-corrected chi connectivity index (χ3v) is 2.90. The smallest absolute Gasteiger partial charge is 0.0572 e. The Balaban J connectivity index is 0.000000202. The first-order valence-corrected chi connectivity index (χ1v) is 6.43. The number of nitrogen functional groups attached to an aromatic ring is 1. The van der Waals surface area contributed by atoms with Gasteiger partial charge in [-0.15, -0.1) is 0 Å². The van der Waals surface area contributed by atoms with Gasteiger partial charge in [-0.1, -0.05) is 50.7 Å². The first-order valence-electron chi connectivity index (χ1n) is 6.43. The molecule has 1 fully saturated rings. The number of hydrogen-bond donors (Lipinski definition) is 2. The summed E-state index contributed by atoms with van der Waals surface area (Å²) in [5.41, 5.74) is 10.2. The van der Waals surface area contributed by atoms with Gasteiger partial charge in [0.15, 0.2) is 0 Å². The summed E-state index contributed by atoms with van der Waals surface area (Å²) in [7, 11) is 1.59. The molecule has 3 nitrogen and oxygen atoms in total. The molecule has 0 amide bonds.